The molecule has 18 heavy (non-hydrogen) atoms. The first-order chi connectivity index (χ1) is 8.77. The molecule has 0 aliphatic rings. The molecule has 1 aromatic carbocycles. The maximum absolute atomic E-state index is 11.8. The van der Waals surface area contributed by atoms with Crippen LogP contribution in [0.2, 0.25) is 0 Å². The summed E-state index contributed by atoms with van der Waals surface area (Å²) in [6.07, 6.45) is 1.82. The van der Waals surface area contributed by atoms with E-state index in [2.05, 4.69) is 15.5 Å². The summed E-state index contributed by atoms with van der Waals surface area (Å²) < 4.78 is 4.82. The summed E-state index contributed by atoms with van der Waals surface area (Å²) >= 11 is 0. The van der Waals surface area contributed by atoms with Crippen molar-refractivity contribution in [3.63, 3.8) is 0 Å². The zero-order valence-corrected chi connectivity index (χ0v) is 9.74. The summed E-state index contributed by atoms with van der Waals surface area (Å²) in [5.41, 5.74) is 6.62. The smallest absolute Gasteiger partial charge is 0.241 e. The third-order valence-corrected chi connectivity index (χ3v) is 2.49. The van der Waals surface area contributed by atoms with E-state index in [1.807, 2.05) is 30.3 Å². The minimum atomic E-state index is -0.658. The molecule has 2 aromatic rings. The number of rotatable bonds is 5. The van der Waals surface area contributed by atoms with Crippen molar-refractivity contribution in [2.45, 2.75) is 12.5 Å². The number of amides is 1. The fourth-order valence-corrected chi connectivity index (χ4v) is 1.52. The Morgan fingerprint density at radius 3 is 2.83 bits per heavy atom. The lowest BCUT2D eigenvalue weighted by Crippen LogP contribution is -2.35. The van der Waals surface area contributed by atoms with Gasteiger partial charge >= 0.3 is 0 Å². The number of hydrogen-bond acceptors (Lipinski definition) is 5. The summed E-state index contributed by atoms with van der Waals surface area (Å²) in [6.45, 7) is 0.418. The first-order valence-corrected chi connectivity index (χ1v) is 5.61. The van der Waals surface area contributed by atoms with Crippen LogP contribution in [0.3, 0.4) is 0 Å². The fraction of sp³-hybridized carbons (Fsp3) is 0.250. The van der Waals surface area contributed by atoms with Gasteiger partial charge in [-0.3, -0.25) is 4.79 Å². The summed E-state index contributed by atoms with van der Waals surface area (Å²) in [4.78, 5) is 15.6. The van der Waals surface area contributed by atoms with Crippen molar-refractivity contribution in [1.29, 1.82) is 0 Å². The number of benzene rings is 1. The van der Waals surface area contributed by atoms with Crippen LogP contribution in [0.5, 0.6) is 0 Å². The normalized spacial score (nSPS) is 12.1. The topological polar surface area (TPSA) is 94.0 Å². The fourth-order valence-electron chi connectivity index (χ4n) is 1.52. The molecule has 0 aliphatic carbocycles. The standard InChI is InChI=1S/C12H14N4O2/c13-11(9-4-2-1-3-5-9)12(17)14-7-6-10-15-8-16-18-10/h1-5,8,11H,6-7,13H2,(H,14,17)/t11-/m0/s1. The van der Waals surface area contributed by atoms with E-state index in [1.54, 1.807) is 0 Å². The van der Waals surface area contributed by atoms with Crippen molar-refractivity contribution < 1.29 is 9.32 Å². The highest BCUT2D eigenvalue weighted by Crippen LogP contribution is 2.08. The van der Waals surface area contributed by atoms with Crippen LogP contribution in [0, 0.1) is 0 Å². The van der Waals surface area contributed by atoms with Crippen molar-refractivity contribution in [3.05, 3.63) is 48.1 Å². The molecule has 0 spiro atoms. The van der Waals surface area contributed by atoms with Gasteiger partial charge in [-0.15, -0.1) is 0 Å². The Morgan fingerprint density at radius 2 is 2.17 bits per heavy atom. The number of carbonyl (C=O) groups is 1. The van der Waals surface area contributed by atoms with E-state index >= 15 is 0 Å². The van der Waals surface area contributed by atoms with Crippen LogP contribution in [-0.2, 0) is 11.2 Å². The highest BCUT2D eigenvalue weighted by Gasteiger charge is 2.14. The number of nitrogens with one attached hydrogen (secondary N) is 1. The molecule has 0 fully saturated rings. The molecule has 0 saturated heterocycles. The first kappa shape index (κ1) is 12.3. The van der Waals surface area contributed by atoms with Gasteiger partial charge in [0.1, 0.15) is 6.04 Å². The number of carbonyl (C=O) groups excluding carboxylic acids is 1. The molecule has 1 aromatic heterocycles. The molecule has 94 valence electrons. The molecule has 2 rings (SSSR count). The SMILES string of the molecule is N[C@H](C(=O)NCCc1ncno1)c1ccccc1. The van der Waals surface area contributed by atoms with Crippen molar-refractivity contribution in [2.24, 2.45) is 5.73 Å². The van der Waals surface area contributed by atoms with Crippen LogP contribution >= 0.6 is 0 Å². The second-order valence-electron chi connectivity index (χ2n) is 3.76. The van der Waals surface area contributed by atoms with Crippen LogP contribution in [0.1, 0.15) is 17.5 Å². The molecule has 6 nitrogen and oxygen atoms in total. The second kappa shape index (κ2) is 5.92. The molecule has 0 radical (unpaired) electrons. The molecule has 1 amide bonds. The van der Waals surface area contributed by atoms with Crippen LogP contribution in [-0.4, -0.2) is 22.6 Å². The highest BCUT2D eigenvalue weighted by atomic mass is 16.5. The quantitative estimate of drug-likeness (QED) is 0.797. The Hall–Kier alpha value is -2.21. The van der Waals surface area contributed by atoms with Gasteiger partial charge < -0.3 is 15.6 Å². The van der Waals surface area contributed by atoms with Crippen LogP contribution < -0.4 is 11.1 Å². The van der Waals surface area contributed by atoms with Crippen molar-refractivity contribution >= 4 is 5.91 Å². The molecule has 0 bridgehead atoms. The van der Waals surface area contributed by atoms with E-state index in [9.17, 15) is 4.79 Å². The average molecular weight is 246 g/mol. The summed E-state index contributed by atoms with van der Waals surface area (Å²) in [6, 6.07) is 8.56. The molecule has 0 saturated carbocycles. The number of nitrogens with zero attached hydrogens (tertiary/aromatic N) is 2. The Balaban J connectivity index is 1.81. The Morgan fingerprint density at radius 1 is 1.39 bits per heavy atom. The van der Waals surface area contributed by atoms with Gasteiger partial charge in [0.15, 0.2) is 6.33 Å². The summed E-state index contributed by atoms with van der Waals surface area (Å²) in [5.74, 6) is 0.268. The van der Waals surface area contributed by atoms with Gasteiger partial charge in [-0.05, 0) is 5.56 Å². The van der Waals surface area contributed by atoms with E-state index in [0.29, 0.717) is 18.9 Å². The molecule has 1 heterocycles. The van der Waals surface area contributed by atoms with Crippen molar-refractivity contribution in [3.8, 4) is 0 Å². The molecular formula is C12H14N4O2. The van der Waals surface area contributed by atoms with E-state index in [-0.39, 0.29) is 5.91 Å². The largest absolute Gasteiger partial charge is 0.354 e. The molecule has 1 atom stereocenters. The third-order valence-electron chi connectivity index (χ3n) is 2.49. The second-order valence-corrected chi connectivity index (χ2v) is 3.76. The molecule has 3 N–H and O–H groups in total. The number of nitrogens with two attached hydrogens (primary N) is 1. The van der Waals surface area contributed by atoms with Crippen molar-refractivity contribution in [1.82, 2.24) is 15.5 Å². The first-order valence-electron chi connectivity index (χ1n) is 5.61. The molecule has 6 heteroatoms. The maximum Gasteiger partial charge on any atom is 0.241 e. The zero-order chi connectivity index (χ0) is 12.8. The van der Waals surface area contributed by atoms with E-state index in [4.69, 9.17) is 10.3 Å². The monoisotopic (exact) mass is 246 g/mol. The summed E-state index contributed by atoms with van der Waals surface area (Å²) in [5, 5.41) is 6.21. The van der Waals surface area contributed by atoms with Gasteiger partial charge in [0.05, 0.1) is 0 Å². The Kier molecular flexibility index (Phi) is 4.03. The average Bonchev–Trinajstić information content (AvgIpc) is 2.92. The minimum Gasteiger partial charge on any atom is -0.354 e. The van der Waals surface area contributed by atoms with Crippen LogP contribution in [0.15, 0.2) is 41.2 Å². The molecule has 0 aliphatic heterocycles. The predicted molar refractivity (Wildman–Crippen MR) is 64.4 cm³/mol. The molecule has 0 unspecified atom stereocenters. The Labute approximate surface area is 104 Å². The van der Waals surface area contributed by atoms with Gasteiger partial charge in [0.2, 0.25) is 11.8 Å². The van der Waals surface area contributed by atoms with E-state index < -0.39 is 6.04 Å². The highest BCUT2D eigenvalue weighted by molar-refractivity contribution is 5.82. The number of hydrogen-bond donors (Lipinski definition) is 2. The van der Waals surface area contributed by atoms with Gasteiger partial charge in [-0.25, -0.2) is 0 Å². The lowest BCUT2D eigenvalue weighted by Gasteiger charge is -2.11. The van der Waals surface area contributed by atoms with Gasteiger partial charge in [0, 0.05) is 13.0 Å². The summed E-state index contributed by atoms with van der Waals surface area (Å²) in [7, 11) is 0. The molecular weight excluding hydrogens is 232 g/mol. The van der Waals surface area contributed by atoms with Gasteiger partial charge in [0.25, 0.3) is 0 Å². The van der Waals surface area contributed by atoms with Gasteiger partial charge in [-0.1, -0.05) is 35.5 Å². The van der Waals surface area contributed by atoms with E-state index in [0.717, 1.165) is 5.56 Å². The zero-order valence-electron chi connectivity index (χ0n) is 9.74. The van der Waals surface area contributed by atoms with Crippen LogP contribution in [0.25, 0.3) is 0 Å². The predicted octanol–water partition coefficient (Wildman–Crippen LogP) is 0.428. The lowest BCUT2D eigenvalue weighted by molar-refractivity contribution is -0.122. The maximum atomic E-state index is 11.8. The lowest BCUT2D eigenvalue weighted by atomic mass is 10.1. The minimum absolute atomic E-state index is 0.222. The number of aromatic nitrogens is 2. The Bertz CT molecular complexity index is 484. The van der Waals surface area contributed by atoms with Gasteiger partial charge in [-0.2, -0.15) is 4.98 Å². The van der Waals surface area contributed by atoms with Crippen LogP contribution in [0.4, 0.5) is 0 Å². The van der Waals surface area contributed by atoms with E-state index in [1.165, 1.54) is 6.33 Å². The third kappa shape index (κ3) is 3.14. The van der Waals surface area contributed by atoms with Crippen molar-refractivity contribution in [2.75, 3.05) is 6.54 Å².